The van der Waals surface area contributed by atoms with Crippen molar-refractivity contribution in [1.82, 2.24) is 4.90 Å². The third kappa shape index (κ3) is 3.85. The highest BCUT2D eigenvalue weighted by molar-refractivity contribution is 6.07. The number of allylic oxidation sites excluding steroid dienone is 2. The normalized spacial score (nSPS) is 31.2. The third-order valence-corrected chi connectivity index (χ3v) is 8.13. The Kier molecular flexibility index (Phi) is 6.04. The number of esters is 1. The van der Waals surface area contributed by atoms with Crippen LogP contribution in [0.4, 0.5) is 0 Å². The summed E-state index contributed by atoms with van der Waals surface area (Å²) >= 11 is 0. The molecule has 1 aliphatic heterocycles. The zero-order valence-electron chi connectivity index (χ0n) is 19.6. The molecule has 7 heteroatoms. The van der Waals surface area contributed by atoms with Gasteiger partial charge in [-0.1, -0.05) is 31.9 Å². The molecule has 0 spiro atoms. The Morgan fingerprint density at radius 3 is 2.21 bits per heavy atom. The van der Waals surface area contributed by atoms with Gasteiger partial charge in [-0.25, -0.2) is 0 Å². The molecule has 1 aromatic rings. The fraction of sp³-hybridized carbons (Fsp3) is 0.556. The minimum atomic E-state index is -0.567. The van der Waals surface area contributed by atoms with E-state index in [0.717, 1.165) is 19.3 Å². The highest BCUT2D eigenvalue weighted by Crippen LogP contribution is 2.65. The molecule has 3 fully saturated rings. The topological polar surface area (TPSA) is 90.0 Å². The number of rotatable bonds is 10. The second-order valence-electron chi connectivity index (χ2n) is 10.0. The molecule has 4 aliphatic carbocycles. The van der Waals surface area contributed by atoms with E-state index in [1.54, 1.807) is 31.4 Å². The molecule has 1 heterocycles. The largest absolute Gasteiger partial charge is 0.497 e. The number of amides is 2. The van der Waals surface area contributed by atoms with E-state index in [1.165, 1.54) is 4.90 Å². The zero-order chi connectivity index (χ0) is 24.0. The van der Waals surface area contributed by atoms with Crippen molar-refractivity contribution < 1.29 is 28.7 Å². The van der Waals surface area contributed by atoms with Crippen LogP contribution in [-0.2, 0) is 19.1 Å². The Morgan fingerprint density at radius 1 is 1.03 bits per heavy atom. The second kappa shape index (κ2) is 9.01. The fourth-order valence-electron chi connectivity index (χ4n) is 6.36. The fourth-order valence-corrected chi connectivity index (χ4v) is 6.36. The van der Waals surface area contributed by atoms with E-state index in [0.29, 0.717) is 29.6 Å². The van der Waals surface area contributed by atoms with Crippen LogP contribution in [0, 0.1) is 35.5 Å². The number of carbonyl (C=O) groups is 4. The van der Waals surface area contributed by atoms with Crippen molar-refractivity contribution >= 4 is 23.6 Å². The van der Waals surface area contributed by atoms with Crippen LogP contribution in [0.1, 0.15) is 49.4 Å². The predicted molar refractivity (Wildman–Crippen MR) is 123 cm³/mol. The summed E-state index contributed by atoms with van der Waals surface area (Å²) in [7, 11) is 1.54. The minimum absolute atomic E-state index is 0.0809. The van der Waals surface area contributed by atoms with Crippen LogP contribution in [0.3, 0.4) is 0 Å². The highest BCUT2D eigenvalue weighted by Gasteiger charge is 2.67. The number of carbonyl (C=O) groups excluding carboxylic acids is 4. The molecule has 2 bridgehead atoms. The van der Waals surface area contributed by atoms with Gasteiger partial charge in [0, 0.05) is 5.56 Å². The molecular weight excluding hydrogens is 434 g/mol. The number of likely N-dealkylation sites (tertiary alicyclic amines) is 1. The first-order chi connectivity index (χ1) is 16.4. The van der Waals surface area contributed by atoms with Crippen LogP contribution in [0.15, 0.2) is 36.4 Å². The zero-order valence-corrected chi connectivity index (χ0v) is 19.6. The van der Waals surface area contributed by atoms with Crippen molar-refractivity contribution in [1.29, 1.82) is 0 Å². The molecule has 180 valence electrons. The van der Waals surface area contributed by atoms with Gasteiger partial charge >= 0.3 is 5.97 Å². The SMILES string of the molecule is CCCC[C@H](CC(=O)OCC(=O)c1ccc(OC)cc1)N1C(=O)[C@@H]2[C@H]3C=C[C@@H]([C@@H]4C[C@H]34)[C@@H]2C1=O. The van der Waals surface area contributed by atoms with E-state index in [1.807, 2.05) is 6.92 Å². The van der Waals surface area contributed by atoms with Gasteiger partial charge in [0.05, 0.1) is 31.4 Å². The monoisotopic (exact) mass is 465 g/mol. The van der Waals surface area contributed by atoms with Crippen molar-refractivity contribution in [3.63, 3.8) is 0 Å². The Bertz CT molecular complexity index is 994. The van der Waals surface area contributed by atoms with Crippen molar-refractivity contribution in [3.8, 4) is 5.75 Å². The maximum Gasteiger partial charge on any atom is 0.308 e. The molecule has 2 amide bonds. The maximum atomic E-state index is 13.4. The van der Waals surface area contributed by atoms with Gasteiger partial charge in [0.2, 0.25) is 11.8 Å². The molecule has 1 saturated heterocycles. The van der Waals surface area contributed by atoms with Gasteiger partial charge in [-0.2, -0.15) is 0 Å². The number of imide groups is 1. The first-order valence-corrected chi connectivity index (χ1v) is 12.3. The molecule has 0 unspecified atom stereocenters. The van der Waals surface area contributed by atoms with Crippen LogP contribution in [0.25, 0.3) is 0 Å². The number of benzene rings is 1. The smallest absolute Gasteiger partial charge is 0.308 e. The maximum absolute atomic E-state index is 13.4. The molecule has 0 N–H and O–H groups in total. The predicted octanol–water partition coefficient (Wildman–Crippen LogP) is 3.42. The molecule has 5 aliphatic rings. The van der Waals surface area contributed by atoms with Crippen molar-refractivity contribution in [3.05, 3.63) is 42.0 Å². The second-order valence-corrected chi connectivity index (χ2v) is 10.0. The van der Waals surface area contributed by atoms with Gasteiger partial charge in [-0.3, -0.25) is 24.1 Å². The number of ketones is 1. The average Bonchev–Trinajstić information content (AvgIpc) is 3.63. The molecule has 1 aromatic carbocycles. The summed E-state index contributed by atoms with van der Waals surface area (Å²) in [5.41, 5.74) is 0.423. The van der Waals surface area contributed by atoms with Gasteiger partial charge < -0.3 is 9.47 Å². The number of methoxy groups -OCH3 is 1. The molecule has 7 nitrogen and oxygen atoms in total. The van der Waals surface area contributed by atoms with Gasteiger partial charge in [0.15, 0.2) is 12.4 Å². The van der Waals surface area contributed by atoms with E-state index in [9.17, 15) is 19.2 Å². The summed E-state index contributed by atoms with van der Waals surface area (Å²) in [5.74, 6) is 0.340. The number of ether oxygens (including phenoxy) is 2. The Labute approximate surface area is 199 Å². The first-order valence-electron chi connectivity index (χ1n) is 12.3. The van der Waals surface area contributed by atoms with E-state index < -0.39 is 12.0 Å². The molecule has 0 aromatic heterocycles. The van der Waals surface area contributed by atoms with E-state index in [2.05, 4.69) is 12.2 Å². The van der Waals surface area contributed by atoms with E-state index in [-0.39, 0.29) is 54.3 Å². The minimum Gasteiger partial charge on any atom is -0.497 e. The molecule has 2 saturated carbocycles. The number of unbranched alkanes of at least 4 members (excludes halogenated alkanes) is 1. The summed E-state index contributed by atoms with van der Waals surface area (Å²) in [6.45, 7) is 1.66. The molecule has 0 radical (unpaired) electrons. The Hall–Kier alpha value is -2.96. The summed E-state index contributed by atoms with van der Waals surface area (Å²) < 4.78 is 10.4. The Balaban J connectivity index is 1.24. The van der Waals surface area contributed by atoms with Crippen molar-refractivity contribution in [2.24, 2.45) is 35.5 Å². The lowest BCUT2D eigenvalue weighted by Crippen LogP contribution is -2.42. The Morgan fingerprint density at radius 2 is 1.65 bits per heavy atom. The summed E-state index contributed by atoms with van der Waals surface area (Å²) in [6, 6.07) is 6.06. The van der Waals surface area contributed by atoms with Gasteiger partial charge in [-0.15, -0.1) is 0 Å². The lowest BCUT2D eigenvalue weighted by Gasteiger charge is -2.37. The lowest BCUT2D eigenvalue weighted by atomic mass is 9.63. The van der Waals surface area contributed by atoms with Gasteiger partial charge in [0.25, 0.3) is 0 Å². The highest BCUT2D eigenvalue weighted by atomic mass is 16.5. The van der Waals surface area contributed by atoms with Crippen LogP contribution in [-0.4, -0.2) is 48.2 Å². The number of hydrogen-bond acceptors (Lipinski definition) is 6. The number of hydrogen-bond donors (Lipinski definition) is 0. The van der Waals surface area contributed by atoms with Crippen LogP contribution >= 0.6 is 0 Å². The van der Waals surface area contributed by atoms with E-state index in [4.69, 9.17) is 9.47 Å². The number of nitrogens with zero attached hydrogens (tertiary/aromatic N) is 1. The van der Waals surface area contributed by atoms with Crippen molar-refractivity contribution in [2.75, 3.05) is 13.7 Å². The van der Waals surface area contributed by atoms with Gasteiger partial charge in [0.1, 0.15) is 5.75 Å². The van der Waals surface area contributed by atoms with Gasteiger partial charge in [-0.05, 0) is 60.8 Å². The van der Waals surface area contributed by atoms with E-state index >= 15 is 0 Å². The number of Topliss-reactive ketones (excluding diaryl/α,β-unsaturated/α-hetero) is 1. The van der Waals surface area contributed by atoms with Crippen LogP contribution in [0.2, 0.25) is 0 Å². The lowest BCUT2D eigenvalue weighted by molar-refractivity contribution is -0.148. The van der Waals surface area contributed by atoms with Crippen molar-refractivity contribution in [2.45, 2.75) is 45.1 Å². The first kappa shape index (κ1) is 22.8. The quantitative estimate of drug-likeness (QED) is 0.228. The molecule has 6 rings (SSSR count). The molecular formula is C27H31NO6. The van der Waals surface area contributed by atoms with Crippen LogP contribution in [0.5, 0.6) is 5.75 Å². The molecule has 34 heavy (non-hydrogen) atoms. The standard InChI is InChI=1S/C27H31NO6/c1-3-4-5-16(12-23(30)34-14-22(29)15-6-8-17(33-2)9-7-15)28-26(31)24-18-10-11-19(21-13-20(18)21)25(24)27(28)32/h6-11,16,18-21,24-25H,3-5,12-14H2,1-2H3/t16-,18+,19+,20-,21+,24-,25+/m1/s1. The molecule has 7 atom stereocenters. The summed E-state index contributed by atoms with van der Waals surface area (Å²) in [5, 5.41) is 0. The summed E-state index contributed by atoms with van der Waals surface area (Å²) in [4.78, 5) is 53.4. The third-order valence-electron chi connectivity index (χ3n) is 8.13. The average molecular weight is 466 g/mol. The summed E-state index contributed by atoms with van der Waals surface area (Å²) in [6.07, 6.45) is 7.58. The van der Waals surface area contributed by atoms with Crippen LogP contribution < -0.4 is 4.74 Å².